The van der Waals surface area contributed by atoms with Crippen LogP contribution < -0.4 is 0 Å². The molecule has 1 amide bonds. The number of rotatable bonds is 4. The Labute approximate surface area is 133 Å². The van der Waals surface area contributed by atoms with E-state index in [1.807, 2.05) is 45.0 Å². The maximum absolute atomic E-state index is 12.5. The van der Waals surface area contributed by atoms with Crippen molar-refractivity contribution in [2.45, 2.75) is 26.5 Å². The lowest BCUT2D eigenvalue weighted by Crippen LogP contribution is -2.51. The average molecular weight is 324 g/mol. The summed E-state index contributed by atoms with van der Waals surface area (Å²) in [6.07, 6.45) is 0. The monoisotopic (exact) mass is 324 g/mol. The Kier molecular flexibility index (Phi) is 5.24. The van der Waals surface area contributed by atoms with Gasteiger partial charge in [0.25, 0.3) is 0 Å². The predicted molar refractivity (Wildman–Crippen MR) is 86.8 cm³/mol. The molecule has 0 aromatic heterocycles. The van der Waals surface area contributed by atoms with E-state index in [1.165, 1.54) is 4.31 Å². The van der Waals surface area contributed by atoms with Gasteiger partial charge in [0.2, 0.25) is 15.9 Å². The number of aryl methyl sites for hydroxylation is 1. The average Bonchev–Trinajstić information content (AvgIpc) is 2.48. The summed E-state index contributed by atoms with van der Waals surface area (Å²) in [4.78, 5) is 13.7. The highest BCUT2D eigenvalue weighted by molar-refractivity contribution is 7.88. The molecule has 122 valence electrons. The SMILES string of the molecule is Cc1ccc(CS(=O)(=O)N2CCN(C(=O)C(C)C)CC2)cc1. The van der Waals surface area contributed by atoms with Gasteiger partial charge in [0.1, 0.15) is 0 Å². The van der Waals surface area contributed by atoms with Crippen molar-refractivity contribution in [2.24, 2.45) is 5.92 Å². The summed E-state index contributed by atoms with van der Waals surface area (Å²) in [5, 5.41) is 0. The minimum Gasteiger partial charge on any atom is -0.340 e. The lowest BCUT2D eigenvalue weighted by Gasteiger charge is -2.34. The maximum Gasteiger partial charge on any atom is 0.225 e. The number of carbonyl (C=O) groups is 1. The second-order valence-corrected chi connectivity index (χ2v) is 8.09. The van der Waals surface area contributed by atoms with Crippen LogP contribution >= 0.6 is 0 Å². The molecular formula is C16H24N2O3S. The third kappa shape index (κ3) is 4.08. The zero-order chi connectivity index (χ0) is 16.3. The summed E-state index contributed by atoms with van der Waals surface area (Å²) in [7, 11) is -3.32. The number of piperazine rings is 1. The first-order valence-electron chi connectivity index (χ1n) is 7.62. The van der Waals surface area contributed by atoms with E-state index in [9.17, 15) is 13.2 Å². The van der Waals surface area contributed by atoms with E-state index in [0.29, 0.717) is 26.2 Å². The van der Waals surface area contributed by atoms with E-state index in [0.717, 1.165) is 11.1 Å². The van der Waals surface area contributed by atoms with E-state index < -0.39 is 10.0 Å². The highest BCUT2D eigenvalue weighted by Crippen LogP contribution is 2.15. The van der Waals surface area contributed by atoms with Gasteiger partial charge in [-0.25, -0.2) is 8.42 Å². The molecule has 1 aromatic carbocycles. The molecule has 22 heavy (non-hydrogen) atoms. The third-order valence-corrected chi connectivity index (χ3v) is 5.76. The minimum absolute atomic E-state index is 0.0193. The quantitative estimate of drug-likeness (QED) is 0.846. The van der Waals surface area contributed by atoms with Crippen molar-refractivity contribution in [3.63, 3.8) is 0 Å². The molecule has 0 bridgehead atoms. The number of amides is 1. The highest BCUT2D eigenvalue weighted by Gasteiger charge is 2.29. The number of sulfonamides is 1. The van der Waals surface area contributed by atoms with Gasteiger partial charge in [0, 0.05) is 32.1 Å². The first-order valence-corrected chi connectivity index (χ1v) is 9.22. The van der Waals surface area contributed by atoms with Gasteiger partial charge in [0.05, 0.1) is 5.75 Å². The number of benzene rings is 1. The first-order chi connectivity index (χ1) is 10.3. The minimum atomic E-state index is -3.32. The van der Waals surface area contributed by atoms with Crippen LogP contribution in [0.25, 0.3) is 0 Å². The molecule has 0 N–H and O–H groups in total. The van der Waals surface area contributed by atoms with E-state index in [4.69, 9.17) is 0 Å². The van der Waals surface area contributed by atoms with Crippen LogP contribution in [-0.4, -0.2) is 49.7 Å². The summed E-state index contributed by atoms with van der Waals surface area (Å²) < 4.78 is 26.4. The van der Waals surface area contributed by atoms with Crippen molar-refractivity contribution in [3.05, 3.63) is 35.4 Å². The fourth-order valence-corrected chi connectivity index (χ4v) is 4.05. The molecule has 1 aromatic rings. The van der Waals surface area contributed by atoms with Crippen LogP contribution in [0.1, 0.15) is 25.0 Å². The molecule has 0 aliphatic carbocycles. The van der Waals surface area contributed by atoms with Gasteiger partial charge >= 0.3 is 0 Å². The molecule has 0 unspecified atom stereocenters. The van der Waals surface area contributed by atoms with E-state index in [2.05, 4.69) is 0 Å². The maximum atomic E-state index is 12.5. The Morgan fingerprint density at radius 2 is 1.64 bits per heavy atom. The van der Waals surface area contributed by atoms with Crippen LogP contribution in [0.5, 0.6) is 0 Å². The molecule has 2 rings (SSSR count). The van der Waals surface area contributed by atoms with Gasteiger partial charge < -0.3 is 4.90 Å². The number of hydrogen-bond donors (Lipinski definition) is 0. The summed E-state index contributed by atoms with van der Waals surface area (Å²) >= 11 is 0. The first kappa shape index (κ1) is 17.0. The van der Waals surface area contributed by atoms with Crippen LogP contribution in [0, 0.1) is 12.8 Å². The van der Waals surface area contributed by atoms with E-state index in [-0.39, 0.29) is 17.6 Å². The second kappa shape index (κ2) is 6.79. The van der Waals surface area contributed by atoms with Gasteiger partial charge in [-0.2, -0.15) is 4.31 Å². The number of carbonyl (C=O) groups excluding carboxylic acids is 1. The Hall–Kier alpha value is -1.40. The Morgan fingerprint density at radius 1 is 1.09 bits per heavy atom. The molecule has 1 saturated heterocycles. The summed E-state index contributed by atoms with van der Waals surface area (Å²) in [6, 6.07) is 7.55. The molecule has 0 saturated carbocycles. The van der Waals surface area contributed by atoms with Crippen LogP contribution in [0.15, 0.2) is 24.3 Å². The lowest BCUT2D eigenvalue weighted by atomic mass is 10.2. The van der Waals surface area contributed by atoms with Crippen molar-refractivity contribution in [1.82, 2.24) is 9.21 Å². The molecule has 1 fully saturated rings. The summed E-state index contributed by atoms with van der Waals surface area (Å²) in [5.41, 5.74) is 1.91. The van der Waals surface area contributed by atoms with Gasteiger partial charge in [-0.3, -0.25) is 4.79 Å². The summed E-state index contributed by atoms with van der Waals surface area (Å²) in [6.45, 7) is 7.42. The summed E-state index contributed by atoms with van der Waals surface area (Å²) in [5.74, 6) is 0.0668. The fraction of sp³-hybridized carbons (Fsp3) is 0.562. The van der Waals surface area contributed by atoms with Crippen LogP contribution in [0.2, 0.25) is 0 Å². The Bertz CT molecular complexity index is 615. The van der Waals surface area contributed by atoms with E-state index >= 15 is 0 Å². The zero-order valence-electron chi connectivity index (χ0n) is 13.4. The fourth-order valence-electron chi connectivity index (χ4n) is 2.54. The second-order valence-electron chi connectivity index (χ2n) is 6.12. The van der Waals surface area contributed by atoms with Gasteiger partial charge in [-0.15, -0.1) is 0 Å². The molecule has 1 heterocycles. The van der Waals surface area contributed by atoms with Gasteiger partial charge in [-0.05, 0) is 12.5 Å². The van der Waals surface area contributed by atoms with Crippen molar-refractivity contribution in [1.29, 1.82) is 0 Å². The topological polar surface area (TPSA) is 57.7 Å². The predicted octanol–water partition coefficient (Wildman–Crippen LogP) is 1.63. The molecule has 0 radical (unpaired) electrons. The Balaban J connectivity index is 1.97. The normalized spacial score (nSPS) is 17.0. The molecule has 0 spiro atoms. The van der Waals surface area contributed by atoms with Crippen LogP contribution in [0.3, 0.4) is 0 Å². The van der Waals surface area contributed by atoms with Crippen molar-refractivity contribution in [2.75, 3.05) is 26.2 Å². The van der Waals surface area contributed by atoms with Gasteiger partial charge in [-0.1, -0.05) is 43.7 Å². The molecule has 6 heteroatoms. The van der Waals surface area contributed by atoms with Crippen molar-refractivity contribution in [3.8, 4) is 0 Å². The standard InChI is InChI=1S/C16H24N2O3S/c1-13(2)16(19)17-8-10-18(11-9-17)22(20,21)12-15-6-4-14(3)5-7-15/h4-7,13H,8-12H2,1-3H3. The third-order valence-electron chi connectivity index (χ3n) is 3.91. The van der Waals surface area contributed by atoms with E-state index in [1.54, 1.807) is 4.90 Å². The Morgan fingerprint density at radius 3 is 2.14 bits per heavy atom. The molecular weight excluding hydrogens is 300 g/mol. The van der Waals surface area contributed by atoms with Crippen LogP contribution in [-0.2, 0) is 20.6 Å². The lowest BCUT2D eigenvalue weighted by molar-refractivity contribution is -0.135. The largest absolute Gasteiger partial charge is 0.340 e. The number of nitrogens with zero attached hydrogens (tertiary/aromatic N) is 2. The highest BCUT2D eigenvalue weighted by atomic mass is 32.2. The number of hydrogen-bond acceptors (Lipinski definition) is 3. The van der Waals surface area contributed by atoms with Crippen molar-refractivity contribution < 1.29 is 13.2 Å². The zero-order valence-corrected chi connectivity index (χ0v) is 14.3. The molecule has 1 aliphatic rings. The molecule has 0 atom stereocenters. The van der Waals surface area contributed by atoms with Crippen molar-refractivity contribution >= 4 is 15.9 Å². The van der Waals surface area contributed by atoms with Gasteiger partial charge in [0.15, 0.2) is 0 Å². The molecule has 5 nitrogen and oxygen atoms in total. The van der Waals surface area contributed by atoms with Crippen LogP contribution in [0.4, 0.5) is 0 Å². The smallest absolute Gasteiger partial charge is 0.225 e. The molecule has 1 aliphatic heterocycles.